The molecule has 1 aliphatic rings. The molecule has 1 radical (unpaired) electrons. The second-order valence-corrected chi connectivity index (χ2v) is 6.68. The van der Waals surface area contributed by atoms with E-state index in [-0.39, 0.29) is 25.8 Å². The van der Waals surface area contributed by atoms with Gasteiger partial charge in [0.25, 0.3) is 0 Å². The minimum atomic E-state index is -0.173. The molecule has 0 N–H and O–H groups in total. The zero-order chi connectivity index (χ0) is 15.6. The van der Waals surface area contributed by atoms with Gasteiger partial charge in [0.2, 0.25) is 0 Å². The Kier molecular flexibility index (Phi) is 3.66. The number of hydrogen-bond acceptors (Lipinski definition) is 2. The minimum absolute atomic E-state index is 0. The molecule has 2 heterocycles. The zero-order valence-electron chi connectivity index (χ0n) is 14.1. The van der Waals surface area contributed by atoms with E-state index in [9.17, 15) is 0 Å². The first-order valence-electron chi connectivity index (χ1n) is 7.66. The Labute approximate surface area is 150 Å². The molecule has 3 nitrogen and oxygen atoms in total. The molecule has 1 aromatic heterocycles. The van der Waals surface area contributed by atoms with Gasteiger partial charge in [-0.05, 0) is 63.7 Å². The summed E-state index contributed by atoms with van der Waals surface area (Å²) in [5.41, 5.74) is 6.93. The molecule has 0 spiro atoms. The van der Waals surface area contributed by atoms with E-state index in [0.717, 1.165) is 16.9 Å². The molecule has 0 aliphatic carbocycles. The average molecular weight is 483 g/mol. The van der Waals surface area contributed by atoms with Crippen molar-refractivity contribution in [2.24, 2.45) is 0 Å². The van der Waals surface area contributed by atoms with Gasteiger partial charge in [-0.1, -0.05) is 5.56 Å². The van der Waals surface area contributed by atoms with Gasteiger partial charge in [-0.25, -0.2) is 0 Å². The molecule has 0 bridgehead atoms. The molecule has 4 rings (SSSR count). The van der Waals surface area contributed by atoms with Crippen LogP contribution in [-0.4, -0.2) is 16.6 Å². The van der Waals surface area contributed by atoms with Crippen LogP contribution in [0.5, 0.6) is 0 Å². The molecule has 0 saturated carbocycles. The molecule has 23 heavy (non-hydrogen) atoms. The predicted octanol–water partition coefficient (Wildman–Crippen LogP) is 4.26. The molecule has 0 saturated heterocycles. The molecule has 0 fully saturated rings. The Hall–Kier alpha value is -1.64. The Balaban J connectivity index is 0.00000156. The van der Waals surface area contributed by atoms with Crippen molar-refractivity contribution in [3.05, 3.63) is 47.5 Å². The van der Waals surface area contributed by atoms with Gasteiger partial charge in [0.05, 0.1) is 22.5 Å². The van der Waals surface area contributed by atoms with Gasteiger partial charge in [0, 0.05) is 20.1 Å². The van der Waals surface area contributed by atoms with E-state index in [0.29, 0.717) is 0 Å². The van der Waals surface area contributed by atoms with Crippen LogP contribution in [0.15, 0.2) is 30.3 Å². The molecule has 0 atom stereocenters. The van der Waals surface area contributed by atoms with Gasteiger partial charge in [0.15, 0.2) is 0 Å². The topological polar surface area (TPSA) is 21.1 Å². The summed E-state index contributed by atoms with van der Waals surface area (Å²) in [6.07, 6.45) is 0. The molecule has 1 aliphatic heterocycles. The van der Waals surface area contributed by atoms with Crippen molar-refractivity contribution < 1.29 is 20.1 Å². The van der Waals surface area contributed by atoms with E-state index in [2.05, 4.69) is 68.5 Å². The Morgan fingerprint density at radius 2 is 1.83 bits per heavy atom. The second-order valence-electron chi connectivity index (χ2n) is 6.68. The number of nitrogens with zero attached hydrogens (tertiary/aromatic N) is 3. The van der Waals surface area contributed by atoms with E-state index in [4.69, 9.17) is 4.98 Å². The number of benzene rings is 2. The van der Waals surface area contributed by atoms with Crippen LogP contribution >= 0.6 is 0 Å². The maximum atomic E-state index is 4.93. The monoisotopic (exact) mass is 483 g/mol. The quantitative estimate of drug-likeness (QED) is 0.447. The number of imidazole rings is 1. The van der Waals surface area contributed by atoms with E-state index < -0.39 is 0 Å². The third-order valence-corrected chi connectivity index (χ3v) is 5.06. The fraction of sp³-hybridized carbons (Fsp3) is 0.316. The van der Waals surface area contributed by atoms with Crippen molar-refractivity contribution in [1.29, 1.82) is 0 Å². The summed E-state index contributed by atoms with van der Waals surface area (Å²) in [7, 11) is 2.14. The summed E-state index contributed by atoms with van der Waals surface area (Å²) in [4.78, 5) is 7.24. The normalized spacial score (nSPS) is 15.1. The van der Waals surface area contributed by atoms with Crippen LogP contribution < -0.4 is 4.90 Å². The largest absolute Gasteiger partial charge is 0.393 e. The number of anilines is 1. The van der Waals surface area contributed by atoms with Crippen molar-refractivity contribution in [3.8, 4) is 11.4 Å². The molecule has 3 aromatic rings. The minimum Gasteiger partial charge on any atom is -0.393 e. The van der Waals surface area contributed by atoms with E-state index in [1.807, 2.05) is 12.1 Å². The van der Waals surface area contributed by atoms with Crippen molar-refractivity contribution in [2.75, 3.05) is 11.9 Å². The Morgan fingerprint density at radius 1 is 1.13 bits per heavy atom. The summed E-state index contributed by atoms with van der Waals surface area (Å²) in [6.45, 7) is 8.78. The first-order chi connectivity index (χ1) is 10.4. The number of fused-ring (bicyclic) bond motifs is 5. The van der Waals surface area contributed by atoms with Crippen LogP contribution in [0.1, 0.15) is 25.0 Å². The fourth-order valence-electron chi connectivity index (χ4n) is 3.39. The molecular formula is C19H20IrN3-. The van der Waals surface area contributed by atoms with E-state index in [1.54, 1.807) is 0 Å². The Morgan fingerprint density at radius 3 is 2.57 bits per heavy atom. The number of aryl methyl sites for hydroxylation is 2. The second kappa shape index (κ2) is 5.19. The average Bonchev–Trinajstić information content (AvgIpc) is 2.85. The Bertz CT molecular complexity index is 908. The van der Waals surface area contributed by atoms with E-state index >= 15 is 0 Å². The van der Waals surface area contributed by atoms with Crippen LogP contribution in [0.2, 0.25) is 0 Å². The molecule has 0 amide bonds. The number of hydrogen-bond donors (Lipinski definition) is 0. The van der Waals surface area contributed by atoms with Crippen molar-refractivity contribution >= 4 is 16.7 Å². The van der Waals surface area contributed by atoms with Gasteiger partial charge in [-0.2, -0.15) is 0 Å². The van der Waals surface area contributed by atoms with Gasteiger partial charge in [-0.3, -0.25) is 4.98 Å². The van der Waals surface area contributed by atoms with Crippen LogP contribution in [0.4, 0.5) is 5.69 Å². The van der Waals surface area contributed by atoms with Crippen LogP contribution in [0.3, 0.4) is 0 Å². The van der Waals surface area contributed by atoms with Crippen molar-refractivity contribution in [1.82, 2.24) is 9.55 Å². The molecule has 4 heteroatoms. The molecule has 121 valence electrons. The first kappa shape index (κ1) is 16.2. The van der Waals surface area contributed by atoms with Crippen LogP contribution in [0.25, 0.3) is 22.4 Å². The molecule has 2 aromatic carbocycles. The van der Waals surface area contributed by atoms with Gasteiger partial charge in [0.1, 0.15) is 0 Å². The van der Waals surface area contributed by atoms with Crippen molar-refractivity contribution in [3.63, 3.8) is 0 Å². The third kappa shape index (κ3) is 2.09. The third-order valence-electron chi connectivity index (χ3n) is 5.06. The summed E-state index contributed by atoms with van der Waals surface area (Å²) in [5.74, 6) is 1.01. The molecular weight excluding hydrogens is 462 g/mol. The van der Waals surface area contributed by atoms with Gasteiger partial charge in [-0.15, -0.1) is 24.3 Å². The SMILES string of the molecule is Cc1cc2nc3n(c2cc1C)C(C)(C)N(C)c1ccc[c-]c1-3.[Ir]. The fourth-order valence-corrected chi connectivity index (χ4v) is 3.39. The number of rotatable bonds is 0. The standard InChI is InChI=1S/C19H20N3.Ir/c1-12-10-15-17(11-13(12)2)22-18(20-15)14-8-6-7-9-16(14)21(5)19(22,3)4;/h6-7,9-11H,1-5H3;/q-1;. The van der Waals surface area contributed by atoms with Gasteiger partial charge >= 0.3 is 0 Å². The summed E-state index contributed by atoms with van der Waals surface area (Å²) in [6, 6.07) is 14.0. The summed E-state index contributed by atoms with van der Waals surface area (Å²) >= 11 is 0. The smallest absolute Gasteiger partial charge is 0.0966 e. The number of aromatic nitrogens is 2. The predicted molar refractivity (Wildman–Crippen MR) is 91.2 cm³/mol. The first-order valence-corrected chi connectivity index (χ1v) is 7.66. The molecule has 0 unspecified atom stereocenters. The van der Waals surface area contributed by atoms with Crippen LogP contribution in [0, 0.1) is 19.9 Å². The van der Waals surface area contributed by atoms with Crippen LogP contribution in [-0.2, 0) is 25.8 Å². The van der Waals surface area contributed by atoms with Gasteiger partial charge < -0.3 is 9.47 Å². The van der Waals surface area contributed by atoms with Crippen molar-refractivity contribution in [2.45, 2.75) is 33.4 Å². The summed E-state index contributed by atoms with van der Waals surface area (Å²) < 4.78 is 2.34. The maximum absolute atomic E-state index is 4.93. The van der Waals surface area contributed by atoms with E-state index in [1.165, 1.54) is 22.3 Å². The zero-order valence-corrected chi connectivity index (χ0v) is 16.5. The summed E-state index contributed by atoms with van der Waals surface area (Å²) in [5, 5.41) is 0. The maximum Gasteiger partial charge on any atom is 0.0966 e.